The predicted octanol–water partition coefficient (Wildman–Crippen LogP) is 4.53. The second-order valence-corrected chi connectivity index (χ2v) is 6.94. The summed E-state index contributed by atoms with van der Waals surface area (Å²) in [6.07, 6.45) is 1.45. The Hall–Kier alpha value is -3.18. The number of halogens is 1. The first-order valence-electron chi connectivity index (χ1n) is 8.79. The number of amides is 2. The molecule has 0 unspecified atom stereocenters. The van der Waals surface area contributed by atoms with E-state index in [0.717, 1.165) is 16.7 Å². The summed E-state index contributed by atoms with van der Waals surface area (Å²) in [5.74, 6) is -0.673. The Labute approximate surface area is 168 Å². The molecule has 3 rings (SSSR count). The third-order valence-electron chi connectivity index (χ3n) is 4.13. The molecule has 28 heavy (non-hydrogen) atoms. The lowest BCUT2D eigenvalue weighted by molar-refractivity contribution is 0.0951. The van der Waals surface area contributed by atoms with E-state index >= 15 is 0 Å². The fraction of sp³-hybridized carbons (Fsp3) is 0.136. The van der Waals surface area contributed by atoms with Crippen LogP contribution in [0.4, 0.5) is 5.69 Å². The van der Waals surface area contributed by atoms with E-state index in [1.165, 1.54) is 12.3 Å². The lowest BCUT2D eigenvalue weighted by Crippen LogP contribution is -2.24. The van der Waals surface area contributed by atoms with Crippen LogP contribution in [0, 0.1) is 13.8 Å². The number of nitrogens with one attached hydrogen (secondary N) is 2. The van der Waals surface area contributed by atoms with Gasteiger partial charge in [-0.25, -0.2) is 0 Å². The van der Waals surface area contributed by atoms with Crippen molar-refractivity contribution in [3.8, 4) is 0 Å². The highest BCUT2D eigenvalue weighted by Crippen LogP contribution is 2.16. The van der Waals surface area contributed by atoms with E-state index in [0.29, 0.717) is 22.8 Å². The fourth-order valence-electron chi connectivity index (χ4n) is 2.86. The van der Waals surface area contributed by atoms with Gasteiger partial charge in [-0.2, -0.15) is 0 Å². The molecule has 142 valence electrons. The van der Waals surface area contributed by atoms with Crippen molar-refractivity contribution in [1.82, 2.24) is 10.3 Å². The number of hydrogen-bond donors (Lipinski definition) is 2. The molecule has 2 aromatic carbocycles. The maximum Gasteiger partial charge on any atom is 0.274 e. The van der Waals surface area contributed by atoms with Crippen molar-refractivity contribution in [2.24, 2.45) is 0 Å². The molecule has 1 aromatic heterocycles. The van der Waals surface area contributed by atoms with Crippen molar-refractivity contribution in [1.29, 1.82) is 0 Å². The minimum Gasteiger partial charge on any atom is -0.348 e. The number of nitrogens with zero attached hydrogens (tertiary/aromatic N) is 1. The Morgan fingerprint density at radius 2 is 1.68 bits per heavy atom. The van der Waals surface area contributed by atoms with E-state index in [1.54, 1.807) is 12.1 Å². The molecular formula is C22H20ClN3O2. The van der Waals surface area contributed by atoms with E-state index < -0.39 is 0 Å². The average molecular weight is 394 g/mol. The number of carbonyl (C=O) groups excluding carboxylic acids is 2. The Morgan fingerprint density at radius 3 is 2.39 bits per heavy atom. The van der Waals surface area contributed by atoms with Crippen molar-refractivity contribution in [2.45, 2.75) is 20.4 Å². The molecule has 0 saturated heterocycles. The molecule has 0 bridgehead atoms. The van der Waals surface area contributed by atoms with Crippen molar-refractivity contribution in [3.05, 3.63) is 93.8 Å². The molecule has 2 amide bonds. The van der Waals surface area contributed by atoms with Gasteiger partial charge in [0.1, 0.15) is 5.69 Å². The number of benzene rings is 2. The minimum atomic E-state index is -0.370. The summed E-state index contributed by atoms with van der Waals surface area (Å²) in [6, 6.07) is 16.1. The molecule has 3 aromatic rings. The number of hydrogen-bond acceptors (Lipinski definition) is 3. The summed E-state index contributed by atoms with van der Waals surface area (Å²) in [4.78, 5) is 29.0. The summed E-state index contributed by atoms with van der Waals surface area (Å²) in [7, 11) is 0. The number of aryl methyl sites for hydroxylation is 2. The number of anilines is 1. The van der Waals surface area contributed by atoms with E-state index in [1.807, 2.05) is 50.2 Å². The van der Waals surface area contributed by atoms with Gasteiger partial charge in [0.05, 0.1) is 0 Å². The third kappa shape index (κ3) is 4.96. The third-order valence-corrected chi connectivity index (χ3v) is 4.50. The molecule has 0 saturated carbocycles. The number of carbonyl (C=O) groups is 2. The van der Waals surface area contributed by atoms with Crippen molar-refractivity contribution in [3.63, 3.8) is 0 Å². The first-order chi connectivity index (χ1) is 13.4. The molecule has 0 aliphatic rings. The van der Waals surface area contributed by atoms with E-state index in [2.05, 4.69) is 15.6 Å². The van der Waals surface area contributed by atoms with Crippen LogP contribution in [-0.2, 0) is 6.54 Å². The predicted molar refractivity (Wildman–Crippen MR) is 111 cm³/mol. The Morgan fingerprint density at radius 1 is 0.964 bits per heavy atom. The van der Waals surface area contributed by atoms with Crippen molar-refractivity contribution < 1.29 is 9.59 Å². The van der Waals surface area contributed by atoms with Crippen LogP contribution >= 0.6 is 11.6 Å². The van der Waals surface area contributed by atoms with Gasteiger partial charge >= 0.3 is 0 Å². The van der Waals surface area contributed by atoms with Crippen LogP contribution in [0.3, 0.4) is 0 Å². The van der Waals surface area contributed by atoms with Crippen LogP contribution in [0.2, 0.25) is 5.02 Å². The van der Waals surface area contributed by atoms with Gasteiger partial charge in [0.15, 0.2) is 0 Å². The highest BCUT2D eigenvalue weighted by molar-refractivity contribution is 6.31. The lowest BCUT2D eigenvalue weighted by atomic mass is 10.1. The highest BCUT2D eigenvalue weighted by Gasteiger charge is 2.13. The van der Waals surface area contributed by atoms with Crippen LogP contribution in [0.5, 0.6) is 0 Å². The number of pyridine rings is 1. The van der Waals surface area contributed by atoms with Crippen molar-refractivity contribution in [2.75, 3.05) is 5.32 Å². The number of aromatic nitrogens is 1. The summed E-state index contributed by atoms with van der Waals surface area (Å²) in [5.41, 5.74) is 4.14. The van der Waals surface area contributed by atoms with Gasteiger partial charge in [-0.15, -0.1) is 0 Å². The molecule has 0 aliphatic carbocycles. The monoisotopic (exact) mass is 393 g/mol. The molecule has 0 radical (unpaired) electrons. The van der Waals surface area contributed by atoms with Crippen LogP contribution in [-0.4, -0.2) is 16.8 Å². The Balaban J connectivity index is 1.69. The van der Waals surface area contributed by atoms with Gasteiger partial charge in [0, 0.05) is 29.0 Å². The quantitative estimate of drug-likeness (QED) is 0.668. The van der Waals surface area contributed by atoms with Gasteiger partial charge in [-0.05, 0) is 60.9 Å². The molecule has 2 N–H and O–H groups in total. The van der Waals surface area contributed by atoms with Crippen LogP contribution in [0.1, 0.15) is 37.5 Å². The average Bonchev–Trinajstić information content (AvgIpc) is 2.66. The standard InChI is InChI=1S/C22H20ClN3O2/c1-14-9-15(2)11-18(10-14)26-22(28)20-12-16(7-8-24-20)21(27)25-13-17-5-3-4-6-19(17)23/h3-12H,13H2,1-2H3,(H,25,27)(H,26,28). The van der Waals surface area contributed by atoms with Gasteiger partial charge in [0.2, 0.25) is 0 Å². The minimum absolute atomic E-state index is 0.171. The maximum atomic E-state index is 12.5. The molecule has 1 heterocycles. The zero-order valence-electron chi connectivity index (χ0n) is 15.6. The summed E-state index contributed by atoms with van der Waals surface area (Å²) in [6.45, 7) is 4.22. The van der Waals surface area contributed by atoms with E-state index in [9.17, 15) is 9.59 Å². The second-order valence-electron chi connectivity index (χ2n) is 6.53. The van der Waals surface area contributed by atoms with Crippen molar-refractivity contribution >= 4 is 29.1 Å². The van der Waals surface area contributed by atoms with Gasteiger partial charge < -0.3 is 10.6 Å². The topological polar surface area (TPSA) is 71.1 Å². The second kappa shape index (κ2) is 8.67. The Bertz CT molecular complexity index is 1010. The van der Waals surface area contributed by atoms with Crippen LogP contribution in [0.15, 0.2) is 60.8 Å². The normalized spacial score (nSPS) is 10.4. The molecule has 6 heteroatoms. The van der Waals surface area contributed by atoms with Gasteiger partial charge in [-0.3, -0.25) is 14.6 Å². The zero-order valence-corrected chi connectivity index (χ0v) is 16.4. The summed E-state index contributed by atoms with van der Waals surface area (Å²) >= 11 is 6.11. The maximum absolute atomic E-state index is 12.5. The smallest absolute Gasteiger partial charge is 0.274 e. The molecule has 0 atom stereocenters. The first-order valence-corrected chi connectivity index (χ1v) is 9.17. The molecule has 0 spiro atoms. The Kier molecular flexibility index (Phi) is 6.06. The molecular weight excluding hydrogens is 374 g/mol. The van der Waals surface area contributed by atoms with Gasteiger partial charge in [0.25, 0.3) is 11.8 Å². The molecule has 0 aliphatic heterocycles. The summed E-state index contributed by atoms with van der Waals surface area (Å²) < 4.78 is 0. The largest absolute Gasteiger partial charge is 0.348 e. The number of rotatable bonds is 5. The zero-order chi connectivity index (χ0) is 20.1. The first kappa shape index (κ1) is 19.6. The van der Waals surface area contributed by atoms with Gasteiger partial charge in [-0.1, -0.05) is 35.9 Å². The fourth-order valence-corrected chi connectivity index (χ4v) is 3.06. The van der Waals surface area contributed by atoms with Crippen LogP contribution < -0.4 is 10.6 Å². The summed E-state index contributed by atoms with van der Waals surface area (Å²) in [5, 5.41) is 6.21. The van der Waals surface area contributed by atoms with E-state index in [-0.39, 0.29) is 17.5 Å². The highest BCUT2D eigenvalue weighted by atomic mass is 35.5. The van der Waals surface area contributed by atoms with Crippen LogP contribution in [0.25, 0.3) is 0 Å². The molecule has 5 nitrogen and oxygen atoms in total. The SMILES string of the molecule is Cc1cc(C)cc(NC(=O)c2cc(C(=O)NCc3ccccc3Cl)ccn2)c1. The van der Waals surface area contributed by atoms with E-state index in [4.69, 9.17) is 11.6 Å². The lowest BCUT2D eigenvalue weighted by Gasteiger charge is -2.09. The molecule has 0 fully saturated rings.